The van der Waals surface area contributed by atoms with Crippen molar-refractivity contribution in [3.63, 3.8) is 0 Å². The highest BCUT2D eigenvalue weighted by Gasteiger charge is 2.34. The maximum atomic E-state index is 12.6. The highest BCUT2D eigenvalue weighted by molar-refractivity contribution is 9.10. The van der Waals surface area contributed by atoms with Gasteiger partial charge in [-0.15, -0.1) is 0 Å². The molecule has 2 aromatic rings. The molecule has 0 unspecified atom stereocenters. The number of hydrazine groups is 1. The number of nitrogens with one attached hydrogen (secondary N) is 1. The third-order valence-corrected chi connectivity index (χ3v) is 4.18. The molecule has 0 radical (unpaired) electrons. The van der Waals surface area contributed by atoms with E-state index >= 15 is 0 Å². The summed E-state index contributed by atoms with van der Waals surface area (Å²) in [7, 11) is 1.53. The Labute approximate surface area is 152 Å². The molecule has 0 bridgehead atoms. The number of amides is 2. The number of hydrogen-bond acceptors (Lipinski definition) is 3. The van der Waals surface area contributed by atoms with Crippen molar-refractivity contribution in [2.24, 2.45) is 0 Å². The van der Waals surface area contributed by atoms with Crippen LogP contribution < -0.4 is 15.2 Å². The Morgan fingerprint density at radius 1 is 1.21 bits per heavy atom. The minimum Gasteiger partial charge on any atom is -0.496 e. The fourth-order valence-corrected chi connectivity index (χ4v) is 2.89. The first-order valence-corrected chi connectivity index (χ1v) is 8.13. The molecule has 1 heterocycles. The van der Waals surface area contributed by atoms with Gasteiger partial charge in [-0.05, 0) is 42.5 Å². The van der Waals surface area contributed by atoms with Crippen molar-refractivity contribution in [3.05, 3.63) is 63.1 Å². The van der Waals surface area contributed by atoms with Crippen LogP contribution in [-0.2, 0) is 9.59 Å². The first kappa shape index (κ1) is 16.5. The van der Waals surface area contributed by atoms with Gasteiger partial charge in [0.05, 0.1) is 12.8 Å². The van der Waals surface area contributed by atoms with E-state index in [0.717, 1.165) is 4.47 Å². The lowest BCUT2D eigenvalue weighted by molar-refractivity contribution is -0.117. The van der Waals surface area contributed by atoms with E-state index in [1.165, 1.54) is 18.2 Å². The molecular weight excluding hydrogens is 396 g/mol. The molecule has 1 saturated heterocycles. The summed E-state index contributed by atoms with van der Waals surface area (Å²) in [5, 5.41) is 1.64. The lowest BCUT2D eigenvalue weighted by atomic mass is 10.1. The van der Waals surface area contributed by atoms with Gasteiger partial charge in [0.1, 0.15) is 11.3 Å². The number of nitrogens with zero attached hydrogens (tertiary/aromatic N) is 1. The Kier molecular flexibility index (Phi) is 4.59. The Bertz CT molecular complexity index is 867. The van der Waals surface area contributed by atoms with E-state index in [-0.39, 0.29) is 5.57 Å². The molecular formula is C17H12BrClN2O3. The summed E-state index contributed by atoms with van der Waals surface area (Å²) in [6.45, 7) is 0. The lowest BCUT2D eigenvalue weighted by Crippen LogP contribution is -2.35. The third kappa shape index (κ3) is 3.16. The van der Waals surface area contributed by atoms with Gasteiger partial charge in [0.2, 0.25) is 0 Å². The van der Waals surface area contributed by atoms with Crippen LogP contribution in [0.5, 0.6) is 5.75 Å². The van der Waals surface area contributed by atoms with Gasteiger partial charge in [0.25, 0.3) is 11.8 Å². The zero-order chi connectivity index (χ0) is 17.3. The van der Waals surface area contributed by atoms with Crippen molar-refractivity contribution in [3.8, 4) is 5.75 Å². The minimum atomic E-state index is -0.484. The molecule has 5 nitrogen and oxygen atoms in total. The first-order chi connectivity index (χ1) is 11.5. The molecule has 1 aliphatic heterocycles. The highest BCUT2D eigenvalue weighted by Crippen LogP contribution is 2.28. The van der Waals surface area contributed by atoms with Gasteiger partial charge in [0.15, 0.2) is 0 Å². The standard InChI is InChI=1S/C17H12BrClN2O3/c1-24-15-6-5-11(18)7-10(15)8-14-16(22)20-21(17(14)23)13-4-2-3-12(19)9-13/h2-9H,1H3,(H,20,22)/b14-8-. The van der Waals surface area contributed by atoms with E-state index in [1.807, 2.05) is 6.07 Å². The van der Waals surface area contributed by atoms with Crippen LogP contribution in [0.2, 0.25) is 5.02 Å². The fraction of sp³-hybridized carbons (Fsp3) is 0.0588. The molecule has 0 aliphatic carbocycles. The number of ether oxygens (including phenoxy) is 1. The molecule has 0 aromatic heterocycles. The number of halogens is 2. The second-order valence-corrected chi connectivity index (χ2v) is 6.36. The number of methoxy groups -OCH3 is 1. The predicted octanol–water partition coefficient (Wildman–Crippen LogP) is 3.57. The largest absolute Gasteiger partial charge is 0.496 e. The average Bonchev–Trinajstić information content (AvgIpc) is 2.83. The van der Waals surface area contributed by atoms with Crippen LogP contribution >= 0.6 is 27.5 Å². The molecule has 24 heavy (non-hydrogen) atoms. The summed E-state index contributed by atoms with van der Waals surface area (Å²) >= 11 is 9.31. The molecule has 0 spiro atoms. The molecule has 0 atom stereocenters. The first-order valence-electron chi connectivity index (χ1n) is 6.96. The van der Waals surface area contributed by atoms with Crippen molar-refractivity contribution in [2.45, 2.75) is 0 Å². The Balaban J connectivity index is 1.99. The third-order valence-electron chi connectivity index (χ3n) is 3.45. The van der Waals surface area contributed by atoms with Gasteiger partial charge in [-0.3, -0.25) is 15.0 Å². The minimum absolute atomic E-state index is 0.0198. The van der Waals surface area contributed by atoms with Crippen molar-refractivity contribution in [2.75, 3.05) is 12.1 Å². The Morgan fingerprint density at radius 2 is 2.00 bits per heavy atom. The SMILES string of the molecule is COc1ccc(Br)cc1/C=C1/C(=O)NN(c2cccc(Cl)c2)C1=O. The van der Waals surface area contributed by atoms with E-state index in [2.05, 4.69) is 21.4 Å². The number of anilines is 1. The van der Waals surface area contributed by atoms with Crippen molar-refractivity contribution < 1.29 is 14.3 Å². The predicted molar refractivity (Wildman–Crippen MR) is 95.8 cm³/mol. The quantitative estimate of drug-likeness (QED) is 0.625. The van der Waals surface area contributed by atoms with Crippen LogP contribution in [0.4, 0.5) is 5.69 Å². The molecule has 0 saturated carbocycles. The molecule has 2 aromatic carbocycles. The molecule has 122 valence electrons. The zero-order valence-corrected chi connectivity index (χ0v) is 14.9. The number of carbonyl (C=O) groups is 2. The maximum Gasteiger partial charge on any atom is 0.282 e. The summed E-state index contributed by atoms with van der Waals surface area (Å²) in [4.78, 5) is 24.8. The summed E-state index contributed by atoms with van der Waals surface area (Å²) in [6, 6.07) is 12.0. The van der Waals surface area contributed by atoms with Crippen LogP contribution in [0.25, 0.3) is 6.08 Å². The fourth-order valence-electron chi connectivity index (χ4n) is 2.33. The number of hydrogen-bond donors (Lipinski definition) is 1. The van der Waals surface area contributed by atoms with Gasteiger partial charge in [-0.25, -0.2) is 5.01 Å². The van der Waals surface area contributed by atoms with Crippen molar-refractivity contribution in [1.29, 1.82) is 0 Å². The monoisotopic (exact) mass is 406 g/mol. The van der Waals surface area contributed by atoms with E-state index in [1.54, 1.807) is 36.4 Å². The number of carbonyl (C=O) groups excluding carboxylic acids is 2. The van der Waals surface area contributed by atoms with Crippen LogP contribution in [-0.4, -0.2) is 18.9 Å². The average molecular weight is 408 g/mol. The van der Waals surface area contributed by atoms with Gasteiger partial charge >= 0.3 is 0 Å². The summed E-state index contributed by atoms with van der Waals surface area (Å²) in [6.07, 6.45) is 1.51. The second-order valence-electron chi connectivity index (χ2n) is 5.01. The highest BCUT2D eigenvalue weighted by atomic mass is 79.9. The second kappa shape index (κ2) is 6.67. The molecule has 3 rings (SSSR count). The normalized spacial score (nSPS) is 15.8. The molecule has 1 aliphatic rings. The van der Waals surface area contributed by atoms with Crippen LogP contribution in [0.1, 0.15) is 5.56 Å². The van der Waals surface area contributed by atoms with Crippen molar-refractivity contribution >= 4 is 51.1 Å². The maximum absolute atomic E-state index is 12.6. The van der Waals surface area contributed by atoms with Crippen molar-refractivity contribution in [1.82, 2.24) is 5.43 Å². The summed E-state index contributed by atoms with van der Waals surface area (Å²) in [5.74, 6) is -0.376. The molecule has 1 fully saturated rings. The number of rotatable bonds is 3. The van der Waals surface area contributed by atoms with E-state index in [9.17, 15) is 9.59 Å². The topological polar surface area (TPSA) is 58.6 Å². The zero-order valence-electron chi connectivity index (χ0n) is 12.5. The van der Waals surface area contributed by atoms with Gasteiger partial charge in [-0.2, -0.15) is 0 Å². The Hall–Kier alpha value is -2.31. The van der Waals surface area contributed by atoms with Gasteiger partial charge in [0, 0.05) is 15.1 Å². The van der Waals surface area contributed by atoms with Crippen LogP contribution in [0, 0.1) is 0 Å². The Morgan fingerprint density at radius 3 is 2.71 bits per heavy atom. The lowest BCUT2D eigenvalue weighted by Gasteiger charge is -2.14. The van der Waals surface area contributed by atoms with Crippen LogP contribution in [0.3, 0.4) is 0 Å². The van der Waals surface area contributed by atoms with E-state index in [0.29, 0.717) is 22.0 Å². The molecule has 1 N–H and O–H groups in total. The number of benzene rings is 2. The molecule has 2 amide bonds. The van der Waals surface area contributed by atoms with Crippen LogP contribution in [0.15, 0.2) is 52.5 Å². The molecule has 7 heteroatoms. The summed E-state index contributed by atoms with van der Waals surface area (Å²) in [5.41, 5.74) is 3.67. The summed E-state index contributed by atoms with van der Waals surface area (Å²) < 4.78 is 6.08. The van der Waals surface area contributed by atoms with Gasteiger partial charge in [-0.1, -0.05) is 33.6 Å². The van der Waals surface area contributed by atoms with Gasteiger partial charge < -0.3 is 4.74 Å². The smallest absolute Gasteiger partial charge is 0.282 e. The van der Waals surface area contributed by atoms with E-state index in [4.69, 9.17) is 16.3 Å². The van der Waals surface area contributed by atoms with E-state index < -0.39 is 11.8 Å².